The summed E-state index contributed by atoms with van der Waals surface area (Å²) >= 11 is 0. The van der Waals surface area contributed by atoms with Crippen molar-refractivity contribution >= 4 is 5.71 Å². The minimum atomic E-state index is 0.583. The normalized spacial score (nSPS) is 15.3. The Balaban J connectivity index is 4.46. The summed E-state index contributed by atoms with van der Waals surface area (Å²) in [6, 6.07) is 0. The molecule has 1 unspecified atom stereocenters. The lowest BCUT2D eigenvalue weighted by atomic mass is 9.99. The highest BCUT2D eigenvalue weighted by Gasteiger charge is 2.05. The molecule has 0 fully saturated rings. The first-order valence-corrected chi connectivity index (χ1v) is 5.90. The molecule has 0 aromatic rings. The van der Waals surface area contributed by atoms with Gasteiger partial charge in [0.15, 0.2) is 0 Å². The third-order valence-corrected chi connectivity index (χ3v) is 2.71. The Hall–Kier alpha value is -0.850. The number of rotatable bonds is 6. The Labute approximate surface area is 95.0 Å². The van der Waals surface area contributed by atoms with E-state index in [1.807, 2.05) is 19.9 Å². The molecule has 0 bridgehead atoms. The summed E-state index contributed by atoms with van der Waals surface area (Å²) in [5.74, 6) is 0.583. The van der Waals surface area contributed by atoms with Crippen molar-refractivity contribution < 1.29 is 0 Å². The van der Waals surface area contributed by atoms with Crippen LogP contribution in [-0.2, 0) is 0 Å². The van der Waals surface area contributed by atoms with Crippen molar-refractivity contribution in [2.45, 2.75) is 53.9 Å². The van der Waals surface area contributed by atoms with Gasteiger partial charge < -0.3 is 0 Å². The zero-order chi connectivity index (χ0) is 11.8. The van der Waals surface area contributed by atoms with Crippen LogP contribution < -0.4 is 0 Å². The third kappa shape index (κ3) is 5.56. The van der Waals surface area contributed by atoms with Gasteiger partial charge in [0, 0.05) is 5.71 Å². The Morgan fingerprint density at radius 2 is 2.00 bits per heavy atom. The molecular weight excluding hydrogens is 182 g/mol. The molecule has 0 aliphatic rings. The lowest BCUT2D eigenvalue weighted by Crippen LogP contribution is -2.07. The van der Waals surface area contributed by atoms with Gasteiger partial charge in [-0.3, -0.25) is 4.99 Å². The number of unbranched alkanes of at least 4 members (excludes halogenated alkanes) is 1. The topological polar surface area (TPSA) is 12.4 Å². The van der Waals surface area contributed by atoms with Gasteiger partial charge in [-0.15, -0.1) is 0 Å². The summed E-state index contributed by atoms with van der Waals surface area (Å²) in [5, 5.41) is 0. The average Bonchev–Trinajstić information content (AvgIpc) is 2.21. The van der Waals surface area contributed by atoms with Crippen LogP contribution in [0.5, 0.6) is 0 Å². The van der Waals surface area contributed by atoms with E-state index < -0.39 is 0 Å². The molecular formula is C14H25N. The predicted octanol–water partition coefficient (Wildman–Crippen LogP) is 4.75. The van der Waals surface area contributed by atoms with Crippen LogP contribution in [0.4, 0.5) is 0 Å². The van der Waals surface area contributed by atoms with E-state index in [9.17, 15) is 0 Å². The van der Waals surface area contributed by atoms with Crippen LogP contribution in [-0.4, -0.2) is 5.71 Å². The van der Waals surface area contributed by atoms with E-state index in [2.05, 4.69) is 32.3 Å². The second-order valence-electron chi connectivity index (χ2n) is 4.25. The Morgan fingerprint density at radius 1 is 1.40 bits per heavy atom. The van der Waals surface area contributed by atoms with E-state index in [1.165, 1.54) is 25.0 Å². The van der Waals surface area contributed by atoms with E-state index in [4.69, 9.17) is 0 Å². The molecule has 0 amide bonds. The SMILES string of the molecule is C=C(C)/C(=C/C)N=C(C)C(C)CCCC. The molecule has 0 saturated carbocycles. The van der Waals surface area contributed by atoms with E-state index in [0.717, 1.165) is 11.3 Å². The van der Waals surface area contributed by atoms with Gasteiger partial charge in [-0.2, -0.15) is 0 Å². The molecule has 0 aromatic heterocycles. The zero-order valence-electron chi connectivity index (χ0n) is 10.9. The standard InChI is InChI=1S/C14H25N/c1-7-9-10-12(5)13(6)15-14(8-2)11(3)4/h8,12H,3,7,9-10H2,1-2,4-6H3/b14-8-,15-13?. The molecule has 0 spiro atoms. The van der Waals surface area contributed by atoms with Crippen LogP contribution in [0.25, 0.3) is 0 Å². The minimum absolute atomic E-state index is 0.583. The highest BCUT2D eigenvalue weighted by molar-refractivity contribution is 5.85. The quantitative estimate of drug-likeness (QED) is 0.440. The van der Waals surface area contributed by atoms with E-state index >= 15 is 0 Å². The monoisotopic (exact) mass is 207 g/mol. The summed E-state index contributed by atoms with van der Waals surface area (Å²) in [6.45, 7) is 14.5. The highest BCUT2D eigenvalue weighted by atomic mass is 14.8. The fourth-order valence-electron chi connectivity index (χ4n) is 1.43. The first-order valence-electron chi connectivity index (χ1n) is 5.90. The summed E-state index contributed by atoms with van der Waals surface area (Å²) in [7, 11) is 0. The van der Waals surface area contributed by atoms with Crippen LogP contribution in [0.15, 0.2) is 28.9 Å². The predicted molar refractivity (Wildman–Crippen MR) is 70.4 cm³/mol. The van der Waals surface area contributed by atoms with Crippen molar-refractivity contribution in [3.63, 3.8) is 0 Å². The molecule has 0 heterocycles. The van der Waals surface area contributed by atoms with Crippen molar-refractivity contribution in [3.05, 3.63) is 23.9 Å². The summed E-state index contributed by atoms with van der Waals surface area (Å²) in [6.07, 6.45) is 5.80. The molecule has 0 radical (unpaired) electrons. The van der Waals surface area contributed by atoms with E-state index in [0.29, 0.717) is 5.92 Å². The van der Waals surface area contributed by atoms with Crippen molar-refractivity contribution in [3.8, 4) is 0 Å². The molecule has 0 aliphatic heterocycles. The molecule has 15 heavy (non-hydrogen) atoms. The number of aliphatic imine (C=N–C) groups is 1. The van der Waals surface area contributed by atoms with Gasteiger partial charge in [0.05, 0.1) is 5.70 Å². The highest BCUT2D eigenvalue weighted by Crippen LogP contribution is 2.14. The van der Waals surface area contributed by atoms with Crippen molar-refractivity contribution in [2.24, 2.45) is 10.9 Å². The lowest BCUT2D eigenvalue weighted by molar-refractivity contribution is 0.622. The maximum absolute atomic E-state index is 4.63. The molecule has 0 rings (SSSR count). The number of allylic oxidation sites excluding steroid dienone is 2. The zero-order valence-corrected chi connectivity index (χ0v) is 10.9. The minimum Gasteiger partial charge on any atom is -0.258 e. The van der Waals surface area contributed by atoms with Gasteiger partial charge in [0.25, 0.3) is 0 Å². The smallest absolute Gasteiger partial charge is 0.0609 e. The maximum Gasteiger partial charge on any atom is 0.0609 e. The number of nitrogens with zero attached hydrogens (tertiary/aromatic N) is 1. The second-order valence-corrected chi connectivity index (χ2v) is 4.25. The molecule has 1 atom stereocenters. The molecule has 1 nitrogen and oxygen atoms in total. The Kier molecular flexibility index (Phi) is 7.02. The summed E-state index contributed by atoms with van der Waals surface area (Å²) in [5.41, 5.74) is 3.29. The summed E-state index contributed by atoms with van der Waals surface area (Å²) < 4.78 is 0. The van der Waals surface area contributed by atoms with Crippen LogP contribution >= 0.6 is 0 Å². The average molecular weight is 207 g/mol. The fourth-order valence-corrected chi connectivity index (χ4v) is 1.43. The Bertz CT molecular complexity index is 259. The maximum atomic E-state index is 4.63. The molecule has 1 heteroatoms. The molecule has 0 N–H and O–H groups in total. The lowest BCUT2D eigenvalue weighted by Gasteiger charge is -2.11. The fraction of sp³-hybridized carbons (Fsp3) is 0.643. The molecule has 86 valence electrons. The van der Waals surface area contributed by atoms with Gasteiger partial charge in [0.2, 0.25) is 0 Å². The second kappa shape index (κ2) is 7.44. The van der Waals surface area contributed by atoms with Crippen LogP contribution in [0.2, 0.25) is 0 Å². The van der Waals surface area contributed by atoms with Gasteiger partial charge in [-0.05, 0) is 38.7 Å². The van der Waals surface area contributed by atoms with Gasteiger partial charge in [-0.1, -0.05) is 39.3 Å². The molecule has 0 aliphatic carbocycles. The van der Waals surface area contributed by atoms with Gasteiger partial charge >= 0.3 is 0 Å². The largest absolute Gasteiger partial charge is 0.258 e. The molecule has 0 saturated heterocycles. The van der Waals surface area contributed by atoms with Crippen LogP contribution in [0.3, 0.4) is 0 Å². The summed E-state index contributed by atoms with van der Waals surface area (Å²) in [4.78, 5) is 4.63. The van der Waals surface area contributed by atoms with Gasteiger partial charge in [-0.25, -0.2) is 0 Å². The van der Waals surface area contributed by atoms with E-state index in [1.54, 1.807) is 0 Å². The number of hydrogen-bond acceptors (Lipinski definition) is 1. The molecule has 0 aromatic carbocycles. The first-order chi connectivity index (χ1) is 7.02. The Morgan fingerprint density at radius 3 is 2.40 bits per heavy atom. The van der Waals surface area contributed by atoms with Crippen LogP contribution in [0, 0.1) is 5.92 Å². The van der Waals surface area contributed by atoms with Crippen LogP contribution in [0.1, 0.15) is 53.9 Å². The van der Waals surface area contributed by atoms with Crippen molar-refractivity contribution in [2.75, 3.05) is 0 Å². The van der Waals surface area contributed by atoms with E-state index in [-0.39, 0.29) is 0 Å². The number of hydrogen-bond donors (Lipinski definition) is 0. The van der Waals surface area contributed by atoms with Gasteiger partial charge in [0.1, 0.15) is 0 Å². The first kappa shape index (κ1) is 14.2. The third-order valence-electron chi connectivity index (χ3n) is 2.71. The van der Waals surface area contributed by atoms with Crippen molar-refractivity contribution in [1.82, 2.24) is 0 Å². The van der Waals surface area contributed by atoms with Crippen molar-refractivity contribution in [1.29, 1.82) is 0 Å².